The van der Waals surface area contributed by atoms with Gasteiger partial charge in [0, 0.05) is 12.6 Å². The van der Waals surface area contributed by atoms with Crippen LogP contribution in [0.2, 0.25) is 0 Å². The molecule has 128 valence electrons. The molecule has 5 nitrogen and oxygen atoms in total. The highest BCUT2D eigenvalue weighted by atomic mass is 19.1. The van der Waals surface area contributed by atoms with E-state index in [1.165, 1.54) is 12.1 Å². The number of imidazole rings is 1. The van der Waals surface area contributed by atoms with Crippen molar-refractivity contribution in [2.24, 2.45) is 7.05 Å². The monoisotopic (exact) mass is 339 g/mol. The predicted molar refractivity (Wildman–Crippen MR) is 93.3 cm³/mol. The molecule has 6 heteroatoms. The first kappa shape index (κ1) is 16.9. The summed E-state index contributed by atoms with van der Waals surface area (Å²) in [4.78, 5) is 16.6. The van der Waals surface area contributed by atoms with Gasteiger partial charge < -0.3 is 15.0 Å². The quantitative estimate of drug-likeness (QED) is 0.749. The van der Waals surface area contributed by atoms with Crippen molar-refractivity contribution in [3.8, 4) is 11.3 Å². The van der Waals surface area contributed by atoms with Gasteiger partial charge in [-0.15, -0.1) is 0 Å². The number of aliphatic hydroxyl groups excluding tert-OH is 1. The summed E-state index contributed by atoms with van der Waals surface area (Å²) in [7, 11) is 1.75. The molecule has 1 unspecified atom stereocenters. The van der Waals surface area contributed by atoms with Gasteiger partial charge in [-0.1, -0.05) is 30.3 Å². The van der Waals surface area contributed by atoms with Gasteiger partial charge in [0.05, 0.1) is 18.9 Å². The van der Waals surface area contributed by atoms with Crippen LogP contribution in [0.25, 0.3) is 11.3 Å². The first-order valence-corrected chi connectivity index (χ1v) is 7.84. The molecule has 1 heterocycles. The van der Waals surface area contributed by atoms with Gasteiger partial charge in [0.25, 0.3) is 0 Å². The number of carbonyl (C=O) groups excluding carboxylic acids is 1. The molecule has 0 aliphatic carbocycles. The van der Waals surface area contributed by atoms with Crippen molar-refractivity contribution in [3.05, 3.63) is 72.3 Å². The molecule has 0 bridgehead atoms. The average molecular weight is 339 g/mol. The Labute approximate surface area is 144 Å². The lowest BCUT2D eigenvalue weighted by Crippen LogP contribution is -2.17. The van der Waals surface area contributed by atoms with Crippen LogP contribution < -0.4 is 5.32 Å². The molecule has 0 saturated carbocycles. The third kappa shape index (κ3) is 3.92. The van der Waals surface area contributed by atoms with Crippen LogP contribution >= 0.6 is 0 Å². The third-order valence-electron chi connectivity index (χ3n) is 3.88. The number of aromatic nitrogens is 2. The minimum atomic E-state index is -0.885. The lowest BCUT2D eigenvalue weighted by molar-refractivity contribution is -0.118. The number of anilines is 1. The van der Waals surface area contributed by atoms with Gasteiger partial charge in [-0.3, -0.25) is 4.79 Å². The summed E-state index contributed by atoms with van der Waals surface area (Å²) in [5.41, 5.74) is 1.92. The summed E-state index contributed by atoms with van der Waals surface area (Å²) in [5, 5.41) is 13.0. The Morgan fingerprint density at radius 2 is 1.88 bits per heavy atom. The number of amides is 1. The van der Waals surface area contributed by atoms with E-state index in [0.717, 1.165) is 0 Å². The van der Waals surface area contributed by atoms with E-state index < -0.39 is 6.10 Å². The Hall–Kier alpha value is -2.99. The summed E-state index contributed by atoms with van der Waals surface area (Å²) in [6.45, 7) is 0. The van der Waals surface area contributed by atoms with E-state index in [1.807, 2.05) is 18.2 Å². The second-order valence-corrected chi connectivity index (χ2v) is 5.74. The van der Waals surface area contributed by atoms with E-state index in [1.54, 1.807) is 42.2 Å². The van der Waals surface area contributed by atoms with Crippen LogP contribution in [0.4, 0.5) is 10.2 Å². The van der Waals surface area contributed by atoms with Gasteiger partial charge in [-0.25, -0.2) is 9.37 Å². The molecule has 0 aliphatic rings. The third-order valence-corrected chi connectivity index (χ3v) is 3.88. The van der Waals surface area contributed by atoms with Crippen molar-refractivity contribution in [1.29, 1.82) is 0 Å². The molecule has 0 aliphatic heterocycles. The number of halogens is 1. The Morgan fingerprint density at radius 1 is 1.20 bits per heavy atom. The number of aryl methyl sites for hydroxylation is 1. The Morgan fingerprint density at radius 3 is 2.56 bits per heavy atom. The fraction of sp³-hybridized carbons (Fsp3) is 0.158. The van der Waals surface area contributed by atoms with E-state index in [-0.39, 0.29) is 18.1 Å². The number of nitrogens with zero attached hydrogens (tertiary/aromatic N) is 2. The topological polar surface area (TPSA) is 67.2 Å². The molecule has 1 atom stereocenters. The van der Waals surface area contributed by atoms with Crippen molar-refractivity contribution in [1.82, 2.24) is 9.55 Å². The second-order valence-electron chi connectivity index (χ2n) is 5.74. The number of benzene rings is 2. The number of carbonyl (C=O) groups is 1. The summed E-state index contributed by atoms with van der Waals surface area (Å²) in [6.07, 6.45) is 0.615. The molecule has 0 saturated heterocycles. The first-order chi connectivity index (χ1) is 12.0. The maximum absolute atomic E-state index is 13.1. The standard InChI is InChI=1S/C19H18FN3O2/c1-23-12-21-18(14-7-9-15(20)10-8-14)19(23)22-17(25)11-16(24)13-5-3-2-4-6-13/h2-10,12,16,24H,11H2,1H3,(H,22,25). The lowest BCUT2D eigenvalue weighted by Gasteiger charge is -2.12. The number of nitrogens with one attached hydrogen (secondary N) is 1. The zero-order valence-electron chi connectivity index (χ0n) is 13.7. The molecule has 0 spiro atoms. The van der Waals surface area contributed by atoms with Crippen LogP contribution in [-0.2, 0) is 11.8 Å². The number of hydrogen-bond acceptors (Lipinski definition) is 3. The average Bonchev–Trinajstić information content (AvgIpc) is 2.97. The van der Waals surface area contributed by atoms with Gasteiger partial charge in [0.15, 0.2) is 0 Å². The second kappa shape index (κ2) is 7.27. The van der Waals surface area contributed by atoms with E-state index in [4.69, 9.17) is 0 Å². The van der Waals surface area contributed by atoms with Crippen molar-refractivity contribution >= 4 is 11.7 Å². The number of aliphatic hydroxyl groups is 1. The highest BCUT2D eigenvalue weighted by molar-refractivity contribution is 5.93. The van der Waals surface area contributed by atoms with Crippen LogP contribution in [0.1, 0.15) is 18.1 Å². The predicted octanol–water partition coefficient (Wildman–Crippen LogP) is 3.29. The fourth-order valence-corrected chi connectivity index (χ4v) is 2.55. The van der Waals surface area contributed by atoms with Crippen LogP contribution in [0.5, 0.6) is 0 Å². The molecule has 1 aromatic heterocycles. The summed E-state index contributed by atoms with van der Waals surface area (Å²) in [6, 6.07) is 14.9. The van der Waals surface area contributed by atoms with Gasteiger partial charge in [-0.2, -0.15) is 0 Å². The molecule has 3 aromatic rings. The summed E-state index contributed by atoms with van der Waals surface area (Å²) in [5.74, 6) is -0.170. The Bertz CT molecular complexity index is 860. The minimum Gasteiger partial charge on any atom is -0.388 e. The van der Waals surface area contributed by atoms with Crippen LogP contribution in [0.15, 0.2) is 60.9 Å². The van der Waals surface area contributed by atoms with E-state index in [9.17, 15) is 14.3 Å². The zero-order chi connectivity index (χ0) is 17.8. The van der Waals surface area contributed by atoms with E-state index in [0.29, 0.717) is 22.6 Å². The largest absolute Gasteiger partial charge is 0.388 e. The zero-order valence-corrected chi connectivity index (χ0v) is 13.7. The maximum atomic E-state index is 13.1. The van der Waals surface area contributed by atoms with Crippen LogP contribution in [0, 0.1) is 5.82 Å². The molecule has 0 fully saturated rings. The summed E-state index contributed by atoms with van der Waals surface area (Å²) >= 11 is 0. The molecule has 2 N–H and O–H groups in total. The van der Waals surface area contributed by atoms with E-state index in [2.05, 4.69) is 10.3 Å². The molecule has 0 radical (unpaired) electrons. The molecule has 25 heavy (non-hydrogen) atoms. The van der Waals surface area contributed by atoms with Crippen molar-refractivity contribution in [3.63, 3.8) is 0 Å². The van der Waals surface area contributed by atoms with Gasteiger partial charge in [0.1, 0.15) is 17.3 Å². The van der Waals surface area contributed by atoms with Gasteiger partial charge in [-0.05, 0) is 29.8 Å². The molecule has 1 amide bonds. The Kier molecular flexibility index (Phi) is 4.90. The van der Waals surface area contributed by atoms with Crippen molar-refractivity contribution in [2.75, 3.05) is 5.32 Å². The van der Waals surface area contributed by atoms with Gasteiger partial charge in [0.2, 0.25) is 5.91 Å². The van der Waals surface area contributed by atoms with Gasteiger partial charge >= 0.3 is 0 Å². The van der Waals surface area contributed by atoms with Crippen LogP contribution in [-0.4, -0.2) is 20.6 Å². The van der Waals surface area contributed by atoms with Crippen molar-refractivity contribution in [2.45, 2.75) is 12.5 Å². The van der Waals surface area contributed by atoms with Crippen LogP contribution in [0.3, 0.4) is 0 Å². The number of hydrogen-bond donors (Lipinski definition) is 2. The summed E-state index contributed by atoms with van der Waals surface area (Å²) < 4.78 is 14.8. The minimum absolute atomic E-state index is 0.0714. The lowest BCUT2D eigenvalue weighted by atomic mass is 10.1. The normalized spacial score (nSPS) is 12.0. The smallest absolute Gasteiger partial charge is 0.228 e. The molecular formula is C19H18FN3O2. The molecular weight excluding hydrogens is 321 g/mol. The molecule has 3 rings (SSSR count). The maximum Gasteiger partial charge on any atom is 0.228 e. The SMILES string of the molecule is Cn1cnc(-c2ccc(F)cc2)c1NC(=O)CC(O)c1ccccc1. The van der Waals surface area contributed by atoms with Crippen molar-refractivity contribution < 1.29 is 14.3 Å². The highest BCUT2D eigenvalue weighted by Gasteiger charge is 2.17. The fourth-order valence-electron chi connectivity index (χ4n) is 2.55. The first-order valence-electron chi connectivity index (χ1n) is 7.84. The Balaban J connectivity index is 1.75. The molecule has 2 aromatic carbocycles. The van der Waals surface area contributed by atoms with E-state index >= 15 is 0 Å². The number of rotatable bonds is 5. The highest BCUT2D eigenvalue weighted by Crippen LogP contribution is 2.27.